The number of rotatable bonds is 8. The lowest BCUT2D eigenvalue weighted by atomic mass is 9.96. The number of aryl methyl sites for hydroxylation is 1. The average molecular weight is 576 g/mol. The van der Waals surface area contributed by atoms with Crippen molar-refractivity contribution in [1.82, 2.24) is 9.88 Å². The van der Waals surface area contributed by atoms with Crippen molar-refractivity contribution in [3.8, 4) is 17.0 Å². The summed E-state index contributed by atoms with van der Waals surface area (Å²) in [7, 11) is 0. The minimum atomic E-state index is -0.635. The Kier molecular flexibility index (Phi) is 7.23. The van der Waals surface area contributed by atoms with Gasteiger partial charge in [0.25, 0.3) is 0 Å². The summed E-state index contributed by atoms with van der Waals surface area (Å²) in [6.07, 6.45) is 2.69. The van der Waals surface area contributed by atoms with E-state index in [-0.39, 0.29) is 12.0 Å². The molecule has 0 radical (unpaired) electrons. The lowest BCUT2D eigenvalue weighted by molar-refractivity contribution is -0.144. The summed E-state index contributed by atoms with van der Waals surface area (Å²) in [5.41, 5.74) is 6.54. The van der Waals surface area contributed by atoms with Crippen LogP contribution >= 0.6 is 11.3 Å². The van der Waals surface area contributed by atoms with Crippen LogP contribution in [0.3, 0.4) is 0 Å². The van der Waals surface area contributed by atoms with Crippen LogP contribution < -0.4 is 9.64 Å². The van der Waals surface area contributed by atoms with Crippen LogP contribution in [0.25, 0.3) is 11.3 Å². The van der Waals surface area contributed by atoms with E-state index in [1.807, 2.05) is 6.07 Å². The molecule has 3 aliphatic heterocycles. The number of hydrogen-bond donors (Lipinski definition) is 1. The largest absolute Gasteiger partial charge is 0.488 e. The van der Waals surface area contributed by atoms with Crippen LogP contribution in [0.15, 0.2) is 41.8 Å². The lowest BCUT2D eigenvalue weighted by Gasteiger charge is -2.33. The second-order valence-electron chi connectivity index (χ2n) is 12.0. The number of piperidine rings is 1. The van der Waals surface area contributed by atoms with Gasteiger partial charge in [-0.3, -0.25) is 9.69 Å². The summed E-state index contributed by atoms with van der Waals surface area (Å²) >= 11 is 1.63. The summed E-state index contributed by atoms with van der Waals surface area (Å²) in [5, 5.41) is 12.7. The molecule has 3 fully saturated rings. The molecule has 216 valence electrons. The Morgan fingerprint density at radius 1 is 1.20 bits per heavy atom. The molecule has 4 aliphatic rings. The molecule has 9 heteroatoms. The van der Waals surface area contributed by atoms with Crippen LogP contribution in [-0.4, -0.2) is 73.1 Å². The van der Waals surface area contributed by atoms with Crippen LogP contribution in [0.5, 0.6) is 5.75 Å². The van der Waals surface area contributed by atoms with Crippen LogP contribution in [-0.2, 0) is 33.8 Å². The number of fused-ring (bicyclic) bond motifs is 2. The number of thiazole rings is 1. The molecule has 0 amide bonds. The number of ether oxygens (including phenoxy) is 3. The zero-order chi connectivity index (χ0) is 28.0. The highest BCUT2D eigenvalue weighted by molar-refractivity contribution is 7.14. The molecule has 3 atom stereocenters. The average Bonchev–Trinajstić information content (AvgIpc) is 3.54. The van der Waals surface area contributed by atoms with Crippen molar-refractivity contribution in [3.63, 3.8) is 0 Å². The molecule has 1 N–H and O–H groups in total. The molecule has 3 aromatic rings. The highest BCUT2D eigenvalue weighted by Crippen LogP contribution is 2.58. The zero-order valence-corrected chi connectivity index (χ0v) is 24.3. The number of aromatic nitrogens is 1. The topological polar surface area (TPSA) is 84.4 Å². The van der Waals surface area contributed by atoms with Crippen molar-refractivity contribution in [2.45, 2.75) is 45.4 Å². The van der Waals surface area contributed by atoms with E-state index < -0.39 is 11.4 Å². The first-order chi connectivity index (χ1) is 20.0. The molecule has 1 saturated carbocycles. The molecule has 8 nitrogen and oxygen atoms in total. The van der Waals surface area contributed by atoms with Crippen molar-refractivity contribution in [2.24, 2.45) is 11.3 Å². The van der Waals surface area contributed by atoms with E-state index in [0.29, 0.717) is 32.8 Å². The van der Waals surface area contributed by atoms with Gasteiger partial charge >= 0.3 is 5.97 Å². The Bertz CT molecular complexity index is 1440. The SMILES string of the molecule is Cc1ccc(OCc2ccc3c(c2)CCN(CC2COCCO2)C3)c(-c2csc(N3CC[C@@]4(C(=O)O)C[C@H]4C3)n2)c1. The van der Waals surface area contributed by atoms with Crippen molar-refractivity contribution in [3.05, 3.63) is 64.0 Å². The van der Waals surface area contributed by atoms with Crippen molar-refractivity contribution >= 4 is 22.4 Å². The molecular formula is C32H37N3O5S. The zero-order valence-electron chi connectivity index (χ0n) is 23.5. The van der Waals surface area contributed by atoms with Gasteiger partial charge in [0.15, 0.2) is 5.13 Å². The fraction of sp³-hybridized carbons (Fsp3) is 0.500. The highest BCUT2D eigenvalue weighted by atomic mass is 32.1. The van der Waals surface area contributed by atoms with Crippen LogP contribution in [0.2, 0.25) is 0 Å². The minimum absolute atomic E-state index is 0.171. The van der Waals surface area contributed by atoms with Gasteiger partial charge in [-0.1, -0.05) is 29.8 Å². The molecule has 1 aromatic heterocycles. The Morgan fingerprint density at radius 2 is 2.12 bits per heavy atom. The summed E-state index contributed by atoms with van der Waals surface area (Å²) in [5.74, 6) is 0.431. The van der Waals surface area contributed by atoms with E-state index in [2.05, 4.69) is 52.4 Å². The Hall–Kier alpha value is -2.98. The third-order valence-electron chi connectivity index (χ3n) is 9.20. The number of carbonyl (C=O) groups is 1. The normalized spacial score (nSPS) is 25.8. The number of anilines is 1. The quantitative estimate of drug-likeness (QED) is 0.411. The van der Waals surface area contributed by atoms with E-state index in [1.54, 1.807) is 11.3 Å². The summed E-state index contributed by atoms with van der Waals surface area (Å²) in [4.78, 5) is 21.4. The number of carboxylic acid groups (broad SMARTS) is 1. The molecule has 0 spiro atoms. The van der Waals surface area contributed by atoms with Crippen molar-refractivity contribution < 1.29 is 24.1 Å². The maximum atomic E-state index is 11.7. The summed E-state index contributed by atoms with van der Waals surface area (Å²) < 4.78 is 17.8. The Balaban J connectivity index is 1.01. The summed E-state index contributed by atoms with van der Waals surface area (Å²) in [6.45, 7) is 9.08. The standard InChI is InChI=1S/C32H37N3O5S/c1-21-2-5-29(27(12-21)28-20-41-31(33-28)35-9-7-32(30(36)37)14-25(32)16-35)40-18-22-3-4-24-15-34(8-6-23(24)13-22)17-26-19-38-10-11-39-26/h2-5,12-13,20,25-26H,6-11,14-19H2,1H3,(H,36,37)/t25-,26?,32+/m0/s1. The second-order valence-corrected chi connectivity index (χ2v) is 12.9. The van der Waals surface area contributed by atoms with Gasteiger partial charge in [0.1, 0.15) is 12.4 Å². The highest BCUT2D eigenvalue weighted by Gasteiger charge is 2.62. The van der Waals surface area contributed by atoms with Gasteiger partial charge in [-0.25, -0.2) is 4.98 Å². The number of benzene rings is 2. The molecule has 2 saturated heterocycles. The Labute approximate surface area is 244 Å². The van der Waals surface area contributed by atoms with Gasteiger partial charge in [0, 0.05) is 43.7 Å². The van der Waals surface area contributed by atoms with Crippen LogP contribution in [0.1, 0.15) is 35.1 Å². The van der Waals surface area contributed by atoms with Crippen molar-refractivity contribution in [1.29, 1.82) is 0 Å². The van der Waals surface area contributed by atoms with Gasteiger partial charge in [-0.15, -0.1) is 11.3 Å². The maximum absolute atomic E-state index is 11.7. The molecule has 4 heterocycles. The third kappa shape index (κ3) is 5.48. The minimum Gasteiger partial charge on any atom is -0.488 e. The first-order valence-corrected chi connectivity index (χ1v) is 15.5. The van der Waals surface area contributed by atoms with Gasteiger partial charge in [-0.2, -0.15) is 0 Å². The predicted molar refractivity (Wildman–Crippen MR) is 158 cm³/mol. The molecular weight excluding hydrogens is 538 g/mol. The van der Waals surface area contributed by atoms with E-state index in [0.717, 1.165) is 73.3 Å². The van der Waals surface area contributed by atoms with E-state index >= 15 is 0 Å². The number of nitrogens with zero attached hydrogens (tertiary/aromatic N) is 3. The first kappa shape index (κ1) is 26.9. The smallest absolute Gasteiger partial charge is 0.310 e. The fourth-order valence-corrected chi connectivity index (χ4v) is 7.53. The van der Waals surface area contributed by atoms with Gasteiger partial charge in [-0.05, 0) is 60.9 Å². The summed E-state index contributed by atoms with van der Waals surface area (Å²) in [6, 6.07) is 13.0. The maximum Gasteiger partial charge on any atom is 0.310 e. The molecule has 41 heavy (non-hydrogen) atoms. The molecule has 0 bridgehead atoms. The second kappa shape index (κ2) is 11.0. The molecule has 2 aromatic carbocycles. The van der Waals surface area contributed by atoms with Gasteiger partial charge < -0.3 is 24.2 Å². The molecule has 1 aliphatic carbocycles. The lowest BCUT2D eigenvalue weighted by Crippen LogP contribution is -2.42. The fourth-order valence-electron chi connectivity index (χ4n) is 6.67. The number of hydrogen-bond acceptors (Lipinski definition) is 8. The Morgan fingerprint density at radius 3 is 2.95 bits per heavy atom. The number of aliphatic carboxylic acids is 1. The van der Waals surface area contributed by atoms with Gasteiger partial charge in [0.05, 0.1) is 37.0 Å². The van der Waals surface area contributed by atoms with E-state index in [4.69, 9.17) is 19.2 Å². The third-order valence-corrected chi connectivity index (χ3v) is 10.1. The van der Waals surface area contributed by atoms with E-state index in [9.17, 15) is 9.90 Å². The van der Waals surface area contributed by atoms with Crippen molar-refractivity contribution in [2.75, 3.05) is 50.9 Å². The molecule has 1 unspecified atom stereocenters. The van der Waals surface area contributed by atoms with E-state index in [1.165, 1.54) is 16.7 Å². The monoisotopic (exact) mass is 575 g/mol. The van der Waals surface area contributed by atoms with Gasteiger partial charge in [0.2, 0.25) is 0 Å². The van der Waals surface area contributed by atoms with Crippen LogP contribution in [0, 0.1) is 18.3 Å². The predicted octanol–water partition coefficient (Wildman–Crippen LogP) is 4.77. The first-order valence-electron chi connectivity index (χ1n) is 14.7. The van der Waals surface area contributed by atoms with Crippen LogP contribution in [0.4, 0.5) is 5.13 Å². The number of carboxylic acids is 1. The molecule has 7 rings (SSSR count).